The summed E-state index contributed by atoms with van der Waals surface area (Å²) in [5.74, 6) is 0.164. The Morgan fingerprint density at radius 1 is 1.46 bits per heavy atom. The van der Waals surface area contributed by atoms with E-state index in [0.717, 1.165) is 10.9 Å². The van der Waals surface area contributed by atoms with Gasteiger partial charge in [-0.3, -0.25) is 4.79 Å². The molecule has 0 saturated carbocycles. The van der Waals surface area contributed by atoms with Gasteiger partial charge in [0.1, 0.15) is 0 Å². The van der Waals surface area contributed by atoms with Crippen LogP contribution in [0.1, 0.15) is 12.0 Å². The Morgan fingerprint density at radius 2 is 2.15 bits per heavy atom. The molecule has 0 radical (unpaired) electrons. The lowest BCUT2D eigenvalue weighted by Gasteiger charge is -2.27. The average molecular weight is 240 g/mol. The second kappa shape index (κ2) is 3.50. The first-order valence-electron chi connectivity index (χ1n) is 4.28. The molecule has 1 aromatic rings. The Balaban J connectivity index is 2.02. The number of rotatable bonds is 2. The van der Waals surface area contributed by atoms with E-state index in [4.69, 9.17) is 0 Å². The van der Waals surface area contributed by atoms with Gasteiger partial charge >= 0.3 is 0 Å². The Labute approximate surface area is 85.5 Å². The van der Waals surface area contributed by atoms with Crippen LogP contribution in [0.5, 0.6) is 0 Å². The van der Waals surface area contributed by atoms with E-state index in [1.807, 2.05) is 18.2 Å². The van der Waals surface area contributed by atoms with Gasteiger partial charge in [0.05, 0.1) is 0 Å². The molecule has 1 aliphatic rings. The number of benzene rings is 1. The molecule has 0 spiro atoms. The number of carbonyl (C=O) groups is 1. The minimum atomic E-state index is 0.164. The highest BCUT2D eigenvalue weighted by Gasteiger charge is 2.25. The standard InChI is InChI=1S/C10H10BrNO/c11-9-4-2-1-3-7(9)5-8-6-10(13)12-8/h1-4,8H,5-6H2,(H,12,13). The third kappa shape index (κ3) is 1.91. The Hall–Kier alpha value is -0.830. The van der Waals surface area contributed by atoms with Crippen molar-refractivity contribution in [2.75, 3.05) is 0 Å². The smallest absolute Gasteiger partial charge is 0.222 e. The molecule has 1 heterocycles. The maximum Gasteiger partial charge on any atom is 0.222 e. The number of halogens is 1. The summed E-state index contributed by atoms with van der Waals surface area (Å²) in [4.78, 5) is 10.7. The molecular formula is C10H10BrNO. The van der Waals surface area contributed by atoms with Crippen LogP contribution in [0.15, 0.2) is 28.7 Å². The molecule has 1 aromatic carbocycles. The zero-order valence-corrected chi connectivity index (χ0v) is 8.67. The lowest BCUT2D eigenvalue weighted by Crippen LogP contribution is -2.49. The van der Waals surface area contributed by atoms with Crippen molar-refractivity contribution in [3.63, 3.8) is 0 Å². The second-order valence-corrected chi connectivity index (χ2v) is 4.12. The highest BCUT2D eigenvalue weighted by Crippen LogP contribution is 2.20. The van der Waals surface area contributed by atoms with Crippen LogP contribution in [0.2, 0.25) is 0 Å². The van der Waals surface area contributed by atoms with Crippen LogP contribution < -0.4 is 5.32 Å². The fourth-order valence-electron chi connectivity index (χ4n) is 1.48. The first-order valence-corrected chi connectivity index (χ1v) is 5.08. The van der Waals surface area contributed by atoms with E-state index in [-0.39, 0.29) is 5.91 Å². The average Bonchev–Trinajstić information content (AvgIpc) is 2.06. The maximum absolute atomic E-state index is 10.7. The predicted molar refractivity (Wildman–Crippen MR) is 54.4 cm³/mol. The SMILES string of the molecule is O=C1CC(Cc2ccccc2Br)N1. The van der Waals surface area contributed by atoms with Gasteiger partial charge in [0, 0.05) is 16.9 Å². The van der Waals surface area contributed by atoms with E-state index in [2.05, 4.69) is 27.3 Å². The number of carbonyl (C=O) groups excluding carboxylic acids is 1. The second-order valence-electron chi connectivity index (χ2n) is 3.26. The van der Waals surface area contributed by atoms with Crippen molar-refractivity contribution >= 4 is 21.8 Å². The fraction of sp³-hybridized carbons (Fsp3) is 0.300. The summed E-state index contributed by atoms with van der Waals surface area (Å²) < 4.78 is 1.12. The molecular weight excluding hydrogens is 230 g/mol. The van der Waals surface area contributed by atoms with Crippen molar-refractivity contribution in [3.8, 4) is 0 Å². The van der Waals surface area contributed by atoms with E-state index in [1.165, 1.54) is 5.56 Å². The van der Waals surface area contributed by atoms with Crippen LogP contribution in [0.25, 0.3) is 0 Å². The topological polar surface area (TPSA) is 29.1 Å². The lowest BCUT2D eigenvalue weighted by molar-refractivity contribution is -0.128. The Bertz CT molecular complexity index is 329. The normalized spacial score (nSPS) is 20.7. The summed E-state index contributed by atoms with van der Waals surface area (Å²) in [5.41, 5.74) is 1.26. The molecule has 1 fully saturated rings. The third-order valence-corrected chi connectivity index (χ3v) is 2.99. The molecule has 2 rings (SSSR count). The van der Waals surface area contributed by atoms with Gasteiger partial charge in [0.15, 0.2) is 0 Å². The summed E-state index contributed by atoms with van der Waals surface area (Å²) in [6.07, 6.45) is 1.59. The van der Waals surface area contributed by atoms with Crippen molar-refractivity contribution < 1.29 is 4.79 Å². The third-order valence-electron chi connectivity index (χ3n) is 2.22. The maximum atomic E-state index is 10.7. The monoisotopic (exact) mass is 239 g/mol. The van der Waals surface area contributed by atoms with Crippen LogP contribution in [0.4, 0.5) is 0 Å². The van der Waals surface area contributed by atoms with Gasteiger partial charge in [-0.25, -0.2) is 0 Å². The van der Waals surface area contributed by atoms with Crippen LogP contribution in [-0.2, 0) is 11.2 Å². The van der Waals surface area contributed by atoms with Gasteiger partial charge in [0.25, 0.3) is 0 Å². The van der Waals surface area contributed by atoms with E-state index in [1.54, 1.807) is 0 Å². The highest BCUT2D eigenvalue weighted by atomic mass is 79.9. The van der Waals surface area contributed by atoms with Crippen LogP contribution in [-0.4, -0.2) is 11.9 Å². The molecule has 68 valence electrons. The van der Waals surface area contributed by atoms with Gasteiger partial charge in [-0.05, 0) is 18.1 Å². The Morgan fingerprint density at radius 3 is 2.77 bits per heavy atom. The van der Waals surface area contributed by atoms with Gasteiger partial charge in [-0.15, -0.1) is 0 Å². The molecule has 1 unspecified atom stereocenters. The van der Waals surface area contributed by atoms with E-state index in [9.17, 15) is 4.79 Å². The van der Waals surface area contributed by atoms with Gasteiger partial charge in [-0.2, -0.15) is 0 Å². The molecule has 1 N–H and O–H groups in total. The highest BCUT2D eigenvalue weighted by molar-refractivity contribution is 9.10. The summed E-state index contributed by atoms with van der Waals surface area (Å²) in [5, 5.41) is 2.86. The van der Waals surface area contributed by atoms with Crippen LogP contribution in [0.3, 0.4) is 0 Å². The molecule has 1 atom stereocenters. The van der Waals surface area contributed by atoms with Gasteiger partial charge < -0.3 is 5.32 Å². The van der Waals surface area contributed by atoms with E-state index >= 15 is 0 Å². The van der Waals surface area contributed by atoms with E-state index < -0.39 is 0 Å². The van der Waals surface area contributed by atoms with Gasteiger partial charge in [-0.1, -0.05) is 34.1 Å². The summed E-state index contributed by atoms with van der Waals surface area (Å²) in [7, 11) is 0. The summed E-state index contributed by atoms with van der Waals surface area (Å²) in [6, 6.07) is 8.45. The molecule has 1 amide bonds. The predicted octanol–water partition coefficient (Wildman–Crippen LogP) is 1.88. The van der Waals surface area contributed by atoms with Crippen molar-refractivity contribution in [3.05, 3.63) is 34.3 Å². The van der Waals surface area contributed by atoms with E-state index in [0.29, 0.717) is 12.5 Å². The zero-order chi connectivity index (χ0) is 9.26. The molecule has 0 aliphatic carbocycles. The van der Waals surface area contributed by atoms with Crippen molar-refractivity contribution in [1.82, 2.24) is 5.32 Å². The number of hydrogen-bond donors (Lipinski definition) is 1. The van der Waals surface area contributed by atoms with Gasteiger partial charge in [0.2, 0.25) is 5.91 Å². The molecule has 0 bridgehead atoms. The molecule has 13 heavy (non-hydrogen) atoms. The Kier molecular flexibility index (Phi) is 2.36. The lowest BCUT2D eigenvalue weighted by atomic mass is 9.98. The van der Waals surface area contributed by atoms with Crippen LogP contribution in [0, 0.1) is 0 Å². The summed E-state index contributed by atoms with van der Waals surface area (Å²) in [6.45, 7) is 0. The quantitative estimate of drug-likeness (QED) is 0.785. The number of nitrogens with one attached hydrogen (secondary N) is 1. The summed E-state index contributed by atoms with van der Waals surface area (Å²) >= 11 is 3.48. The molecule has 0 aromatic heterocycles. The van der Waals surface area contributed by atoms with Crippen molar-refractivity contribution in [2.45, 2.75) is 18.9 Å². The zero-order valence-electron chi connectivity index (χ0n) is 7.09. The molecule has 1 aliphatic heterocycles. The molecule has 2 nitrogen and oxygen atoms in total. The van der Waals surface area contributed by atoms with Crippen molar-refractivity contribution in [2.24, 2.45) is 0 Å². The molecule has 1 saturated heterocycles. The number of hydrogen-bond acceptors (Lipinski definition) is 1. The number of amides is 1. The first kappa shape index (κ1) is 8.75. The number of β-lactam (4-membered cyclic amide) rings is 1. The van der Waals surface area contributed by atoms with Crippen molar-refractivity contribution in [1.29, 1.82) is 0 Å². The minimum Gasteiger partial charge on any atom is -0.352 e. The fourth-order valence-corrected chi connectivity index (χ4v) is 1.93. The first-order chi connectivity index (χ1) is 6.25. The molecule has 3 heteroatoms. The largest absolute Gasteiger partial charge is 0.352 e. The van der Waals surface area contributed by atoms with Crippen LogP contribution >= 0.6 is 15.9 Å². The minimum absolute atomic E-state index is 0.164.